The van der Waals surface area contributed by atoms with Gasteiger partial charge in [-0.15, -0.1) is 0 Å². The number of rotatable bonds is 9. The number of halogens is 1. The molecule has 0 aliphatic carbocycles. The van der Waals surface area contributed by atoms with Crippen molar-refractivity contribution >= 4 is 5.91 Å². The van der Waals surface area contributed by atoms with Crippen LogP contribution in [0.15, 0.2) is 42.5 Å². The average Bonchev–Trinajstić information content (AvgIpc) is 2.65. The molecule has 6 heteroatoms. The Morgan fingerprint density at radius 3 is 2.25 bits per heavy atom. The summed E-state index contributed by atoms with van der Waals surface area (Å²) in [6.45, 7) is 10.1. The SMILES string of the molecule is CCOc1ccc(C(C)NC(=O)C(C)(C)Oc2ccc(F)cc2)cc1OCC. The van der Waals surface area contributed by atoms with E-state index in [9.17, 15) is 9.18 Å². The van der Waals surface area contributed by atoms with Gasteiger partial charge in [-0.2, -0.15) is 0 Å². The van der Waals surface area contributed by atoms with Crippen molar-refractivity contribution in [2.45, 2.75) is 46.3 Å². The summed E-state index contributed by atoms with van der Waals surface area (Å²) in [4.78, 5) is 12.7. The molecule has 0 bridgehead atoms. The van der Waals surface area contributed by atoms with Gasteiger partial charge in [-0.3, -0.25) is 4.79 Å². The topological polar surface area (TPSA) is 56.8 Å². The van der Waals surface area contributed by atoms with E-state index in [0.29, 0.717) is 30.5 Å². The minimum Gasteiger partial charge on any atom is -0.490 e. The van der Waals surface area contributed by atoms with Gasteiger partial charge in [0.25, 0.3) is 5.91 Å². The summed E-state index contributed by atoms with van der Waals surface area (Å²) in [6.07, 6.45) is 0. The molecule has 1 N–H and O–H groups in total. The van der Waals surface area contributed by atoms with E-state index in [-0.39, 0.29) is 17.8 Å². The van der Waals surface area contributed by atoms with Gasteiger partial charge < -0.3 is 19.5 Å². The zero-order valence-electron chi connectivity index (χ0n) is 17.0. The Kier molecular flexibility index (Phi) is 7.26. The summed E-state index contributed by atoms with van der Waals surface area (Å²) < 4.78 is 30.0. The lowest BCUT2D eigenvalue weighted by atomic mass is 10.0. The molecule has 0 aliphatic rings. The van der Waals surface area contributed by atoms with Crippen LogP contribution in [0.3, 0.4) is 0 Å². The number of carbonyl (C=O) groups excluding carboxylic acids is 1. The first-order chi connectivity index (χ1) is 13.3. The minimum atomic E-state index is -1.12. The summed E-state index contributed by atoms with van der Waals surface area (Å²) in [5.74, 6) is 1.10. The number of ether oxygens (including phenoxy) is 3. The van der Waals surface area contributed by atoms with Crippen molar-refractivity contribution in [1.29, 1.82) is 0 Å². The van der Waals surface area contributed by atoms with Crippen LogP contribution in [-0.4, -0.2) is 24.7 Å². The van der Waals surface area contributed by atoms with Crippen molar-refractivity contribution < 1.29 is 23.4 Å². The van der Waals surface area contributed by atoms with E-state index in [1.165, 1.54) is 24.3 Å². The predicted octanol–water partition coefficient (Wildman–Crippen LogP) is 4.66. The van der Waals surface area contributed by atoms with Crippen molar-refractivity contribution in [2.24, 2.45) is 0 Å². The van der Waals surface area contributed by atoms with Crippen molar-refractivity contribution in [3.8, 4) is 17.2 Å². The molecule has 28 heavy (non-hydrogen) atoms. The number of hydrogen-bond donors (Lipinski definition) is 1. The number of carbonyl (C=O) groups is 1. The van der Waals surface area contributed by atoms with E-state index in [0.717, 1.165) is 5.56 Å². The monoisotopic (exact) mass is 389 g/mol. The van der Waals surface area contributed by atoms with Gasteiger partial charge in [0.2, 0.25) is 0 Å². The van der Waals surface area contributed by atoms with Crippen LogP contribution in [0.2, 0.25) is 0 Å². The van der Waals surface area contributed by atoms with Gasteiger partial charge in [-0.05, 0) is 76.6 Å². The Bertz CT molecular complexity index is 790. The van der Waals surface area contributed by atoms with Crippen molar-refractivity contribution in [3.63, 3.8) is 0 Å². The molecule has 0 saturated heterocycles. The number of benzene rings is 2. The maximum absolute atomic E-state index is 13.0. The van der Waals surface area contributed by atoms with Crippen LogP contribution in [-0.2, 0) is 4.79 Å². The van der Waals surface area contributed by atoms with Gasteiger partial charge >= 0.3 is 0 Å². The summed E-state index contributed by atoms with van der Waals surface area (Å²) in [5.41, 5.74) is -0.238. The maximum atomic E-state index is 13.0. The highest BCUT2D eigenvalue weighted by Crippen LogP contribution is 2.31. The molecule has 2 rings (SSSR count). The third-order valence-electron chi connectivity index (χ3n) is 4.15. The normalized spacial score (nSPS) is 12.2. The van der Waals surface area contributed by atoms with Crippen LogP contribution in [0.1, 0.15) is 46.2 Å². The van der Waals surface area contributed by atoms with Gasteiger partial charge in [-0.1, -0.05) is 6.07 Å². The molecule has 1 atom stereocenters. The lowest BCUT2D eigenvalue weighted by Crippen LogP contribution is -2.47. The molecule has 0 aromatic heterocycles. The Hall–Kier alpha value is -2.76. The molecule has 2 aromatic rings. The molecule has 0 saturated carbocycles. The molecule has 0 radical (unpaired) electrons. The maximum Gasteiger partial charge on any atom is 0.264 e. The third-order valence-corrected chi connectivity index (χ3v) is 4.15. The number of nitrogens with one attached hydrogen (secondary N) is 1. The van der Waals surface area contributed by atoms with E-state index in [2.05, 4.69) is 5.32 Å². The van der Waals surface area contributed by atoms with Crippen LogP contribution < -0.4 is 19.5 Å². The van der Waals surface area contributed by atoms with Gasteiger partial charge in [0.05, 0.1) is 19.3 Å². The molecular formula is C22H28FNO4. The lowest BCUT2D eigenvalue weighted by molar-refractivity contribution is -0.134. The molecule has 1 amide bonds. The Balaban J connectivity index is 2.09. The fourth-order valence-electron chi connectivity index (χ4n) is 2.63. The highest BCUT2D eigenvalue weighted by molar-refractivity contribution is 5.85. The molecule has 5 nitrogen and oxygen atoms in total. The predicted molar refractivity (Wildman–Crippen MR) is 106 cm³/mol. The lowest BCUT2D eigenvalue weighted by Gasteiger charge is -2.27. The molecule has 152 valence electrons. The van der Waals surface area contributed by atoms with E-state index in [1.54, 1.807) is 13.8 Å². The number of amides is 1. The molecule has 0 fully saturated rings. The second kappa shape index (κ2) is 9.44. The number of hydrogen-bond acceptors (Lipinski definition) is 4. The average molecular weight is 389 g/mol. The van der Waals surface area contributed by atoms with Gasteiger partial charge in [0, 0.05) is 0 Å². The van der Waals surface area contributed by atoms with Crippen LogP contribution in [0.25, 0.3) is 0 Å². The highest BCUT2D eigenvalue weighted by atomic mass is 19.1. The largest absolute Gasteiger partial charge is 0.490 e. The van der Waals surface area contributed by atoms with E-state index >= 15 is 0 Å². The molecule has 0 heterocycles. The van der Waals surface area contributed by atoms with Crippen molar-refractivity contribution in [3.05, 3.63) is 53.8 Å². The summed E-state index contributed by atoms with van der Waals surface area (Å²) in [6, 6.07) is 10.9. The molecule has 2 aromatic carbocycles. The second-order valence-electron chi connectivity index (χ2n) is 6.83. The Morgan fingerprint density at radius 1 is 1.04 bits per heavy atom. The van der Waals surface area contributed by atoms with Crippen LogP contribution >= 0.6 is 0 Å². The first kappa shape index (κ1) is 21.5. The first-order valence-electron chi connectivity index (χ1n) is 9.42. The highest BCUT2D eigenvalue weighted by Gasteiger charge is 2.31. The standard InChI is InChI=1S/C22H28FNO4/c1-6-26-19-13-8-16(14-20(19)27-7-2)15(3)24-21(25)22(4,5)28-18-11-9-17(23)10-12-18/h8-15H,6-7H2,1-5H3,(H,24,25). The van der Waals surface area contributed by atoms with E-state index < -0.39 is 5.60 Å². The molecule has 0 aliphatic heterocycles. The van der Waals surface area contributed by atoms with Gasteiger partial charge in [0.15, 0.2) is 17.1 Å². The Morgan fingerprint density at radius 2 is 1.64 bits per heavy atom. The van der Waals surface area contributed by atoms with E-state index in [1.807, 2.05) is 39.0 Å². The van der Waals surface area contributed by atoms with Crippen LogP contribution in [0, 0.1) is 5.82 Å². The molecule has 1 unspecified atom stereocenters. The van der Waals surface area contributed by atoms with Crippen LogP contribution in [0.4, 0.5) is 4.39 Å². The van der Waals surface area contributed by atoms with Crippen molar-refractivity contribution in [2.75, 3.05) is 13.2 Å². The zero-order chi connectivity index (χ0) is 20.7. The Labute approximate surface area is 165 Å². The van der Waals surface area contributed by atoms with Gasteiger partial charge in [0.1, 0.15) is 11.6 Å². The van der Waals surface area contributed by atoms with E-state index in [4.69, 9.17) is 14.2 Å². The molecule has 0 spiro atoms. The summed E-state index contributed by atoms with van der Waals surface area (Å²) in [7, 11) is 0. The first-order valence-corrected chi connectivity index (χ1v) is 9.42. The third kappa shape index (κ3) is 5.62. The smallest absolute Gasteiger partial charge is 0.264 e. The minimum absolute atomic E-state index is 0.265. The zero-order valence-corrected chi connectivity index (χ0v) is 17.0. The second-order valence-corrected chi connectivity index (χ2v) is 6.83. The van der Waals surface area contributed by atoms with Crippen molar-refractivity contribution in [1.82, 2.24) is 5.32 Å². The summed E-state index contributed by atoms with van der Waals surface area (Å²) in [5, 5.41) is 2.95. The molecular weight excluding hydrogens is 361 g/mol. The fourth-order valence-corrected chi connectivity index (χ4v) is 2.63. The summed E-state index contributed by atoms with van der Waals surface area (Å²) >= 11 is 0. The quantitative estimate of drug-likeness (QED) is 0.678. The van der Waals surface area contributed by atoms with Gasteiger partial charge in [-0.25, -0.2) is 4.39 Å². The fraction of sp³-hybridized carbons (Fsp3) is 0.409. The van der Waals surface area contributed by atoms with Crippen LogP contribution in [0.5, 0.6) is 17.2 Å².